The van der Waals surface area contributed by atoms with Crippen LogP contribution in [0.15, 0.2) is 40.1 Å². The zero-order valence-corrected chi connectivity index (χ0v) is 9.85. The van der Waals surface area contributed by atoms with Crippen LogP contribution < -0.4 is 5.32 Å². The number of amides is 1. The number of carbonyl (C=O) groups excluding carboxylic acids is 1. The molecule has 0 fully saturated rings. The number of carbonyl (C=O) groups is 1. The van der Waals surface area contributed by atoms with Crippen LogP contribution in [0.25, 0.3) is 0 Å². The van der Waals surface area contributed by atoms with Crippen molar-refractivity contribution >= 4 is 18.5 Å². The minimum absolute atomic E-state index is 0.123. The summed E-state index contributed by atoms with van der Waals surface area (Å²) in [5.74, 6) is 0.456. The first-order chi connectivity index (χ1) is 8.25. The van der Waals surface area contributed by atoms with Gasteiger partial charge >= 0.3 is 0 Å². The van der Waals surface area contributed by atoms with Crippen LogP contribution in [0.3, 0.4) is 0 Å². The van der Waals surface area contributed by atoms with Crippen LogP contribution in [0, 0.1) is 0 Å². The zero-order valence-electron chi connectivity index (χ0n) is 8.96. The van der Waals surface area contributed by atoms with Crippen molar-refractivity contribution in [3.63, 3.8) is 0 Å². The Hall–Kier alpha value is -1.82. The molecule has 1 amide bonds. The average Bonchev–Trinajstić information content (AvgIpc) is 2.83. The topological polar surface area (TPSA) is 68.0 Å². The maximum absolute atomic E-state index is 11.7. The van der Waals surface area contributed by atoms with Gasteiger partial charge in [-0.3, -0.25) is 4.79 Å². The Balaban J connectivity index is 1.83. The van der Waals surface area contributed by atoms with Crippen molar-refractivity contribution in [2.75, 3.05) is 6.54 Å². The largest absolute Gasteiger partial charge is 0.352 e. The van der Waals surface area contributed by atoms with Crippen LogP contribution in [0.5, 0.6) is 0 Å². The van der Waals surface area contributed by atoms with E-state index in [2.05, 4.69) is 32.6 Å². The number of rotatable bonds is 4. The molecule has 0 aliphatic rings. The zero-order chi connectivity index (χ0) is 12.1. The lowest BCUT2D eigenvalue weighted by molar-refractivity contribution is 0.0954. The Labute approximate surface area is 104 Å². The second-order valence-corrected chi connectivity index (χ2v) is 3.92. The Morgan fingerprint density at radius 3 is 2.76 bits per heavy atom. The number of nitrogens with one attached hydrogen (secondary N) is 1. The third kappa shape index (κ3) is 3.32. The van der Waals surface area contributed by atoms with Gasteiger partial charge in [-0.15, -0.1) is 12.6 Å². The van der Waals surface area contributed by atoms with Crippen molar-refractivity contribution < 1.29 is 9.32 Å². The maximum Gasteiger partial charge on any atom is 0.251 e. The number of thiol groups is 1. The van der Waals surface area contributed by atoms with Gasteiger partial charge in [0.2, 0.25) is 6.39 Å². The Kier molecular flexibility index (Phi) is 3.77. The van der Waals surface area contributed by atoms with Crippen LogP contribution in [0.2, 0.25) is 0 Å². The molecular weight excluding hydrogens is 238 g/mol. The van der Waals surface area contributed by atoms with Crippen LogP contribution in [0.1, 0.15) is 16.2 Å². The normalized spacial score (nSPS) is 10.2. The third-order valence-electron chi connectivity index (χ3n) is 2.17. The van der Waals surface area contributed by atoms with E-state index in [1.807, 2.05) is 0 Å². The summed E-state index contributed by atoms with van der Waals surface area (Å²) in [5.41, 5.74) is 0.607. The Morgan fingerprint density at radius 1 is 1.35 bits per heavy atom. The molecule has 0 unspecified atom stereocenters. The molecule has 0 saturated carbocycles. The Bertz CT molecular complexity index is 482. The average molecular weight is 249 g/mol. The lowest BCUT2D eigenvalue weighted by Gasteiger charge is -2.03. The molecule has 0 bridgehead atoms. The van der Waals surface area contributed by atoms with Gasteiger partial charge in [0.25, 0.3) is 5.91 Å². The molecule has 1 N–H and O–H groups in total. The smallest absolute Gasteiger partial charge is 0.251 e. The highest BCUT2D eigenvalue weighted by Gasteiger charge is 2.05. The summed E-state index contributed by atoms with van der Waals surface area (Å²) in [4.78, 5) is 16.4. The van der Waals surface area contributed by atoms with E-state index in [0.717, 1.165) is 4.90 Å². The summed E-state index contributed by atoms with van der Waals surface area (Å²) in [6.45, 7) is 0.473. The second-order valence-electron chi connectivity index (χ2n) is 3.40. The van der Waals surface area contributed by atoms with E-state index in [-0.39, 0.29) is 5.91 Å². The molecule has 0 spiro atoms. The van der Waals surface area contributed by atoms with Gasteiger partial charge < -0.3 is 9.84 Å². The molecule has 1 aromatic carbocycles. The van der Waals surface area contributed by atoms with E-state index in [1.54, 1.807) is 24.3 Å². The van der Waals surface area contributed by atoms with Gasteiger partial charge in [0.05, 0.1) is 0 Å². The number of hydrogen-bond donors (Lipinski definition) is 2. The van der Waals surface area contributed by atoms with E-state index in [0.29, 0.717) is 24.4 Å². The molecule has 0 saturated heterocycles. The van der Waals surface area contributed by atoms with Gasteiger partial charge in [-0.1, -0.05) is 5.16 Å². The molecule has 5 nitrogen and oxygen atoms in total. The molecule has 2 aromatic rings. The fourth-order valence-electron chi connectivity index (χ4n) is 1.31. The number of hydrogen-bond acceptors (Lipinski definition) is 5. The highest BCUT2D eigenvalue weighted by Crippen LogP contribution is 2.07. The fraction of sp³-hybridized carbons (Fsp3) is 0.182. The molecule has 2 rings (SSSR count). The summed E-state index contributed by atoms with van der Waals surface area (Å²) >= 11 is 4.15. The van der Waals surface area contributed by atoms with Crippen molar-refractivity contribution in [2.45, 2.75) is 11.3 Å². The molecule has 1 aromatic heterocycles. The van der Waals surface area contributed by atoms with Crippen LogP contribution in [-0.2, 0) is 6.42 Å². The standard InChI is InChI=1S/C11H11N3O2S/c15-11(8-1-3-9(17)4-2-8)12-6-5-10-13-7-16-14-10/h1-4,7,17H,5-6H2,(H,12,15). The molecule has 17 heavy (non-hydrogen) atoms. The summed E-state index contributed by atoms with van der Waals surface area (Å²) in [6.07, 6.45) is 1.81. The number of benzene rings is 1. The van der Waals surface area contributed by atoms with E-state index in [4.69, 9.17) is 0 Å². The summed E-state index contributed by atoms with van der Waals surface area (Å²) in [7, 11) is 0. The highest BCUT2D eigenvalue weighted by atomic mass is 32.1. The van der Waals surface area contributed by atoms with Gasteiger partial charge in [0, 0.05) is 23.4 Å². The number of aromatic nitrogens is 2. The van der Waals surface area contributed by atoms with Gasteiger partial charge in [-0.05, 0) is 24.3 Å². The monoisotopic (exact) mass is 249 g/mol. The van der Waals surface area contributed by atoms with E-state index in [9.17, 15) is 4.79 Å². The molecule has 6 heteroatoms. The minimum atomic E-state index is -0.123. The maximum atomic E-state index is 11.7. The molecule has 88 valence electrons. The van der Waals surface area contributed by atoms with Gasteiger partial charge in [-0.2, -0.15) is 4.98 Å². The van der Waals surface area contributed by atoms with Crippen LogP contribution >= 0.6 is 12.6 Å². The van der Waals surface area contributed by atoms with Gasteiger partial charge in [0.15, 0.2) is 5.82 Å². The predicted octanol–water partition coefficient (Wildman–Crippen LogP) is 1.33. The fourth-order valence-corrected chi connectivity index (χ4v) is 1.45. The van der Waals surface area contributed by atoms with Crippen molar-refractivity contribution in [1.29, 1.82) is 0 Å². The van der Waals surface area contributed by atoms with Crippen molar-refractivity contribution in [1.82, 2.24) is 15.5 Å². The SMILES string of the molecule is O=C(NCCc1ncon1)c1ccc(S)cc1. The Morgan fingerprint density at radius 2 is 2.12 bits per heavy atom. The lowest BCUT2D eigenvalue weighted by atomic mass is 10.2. The van der Waals surface area contributed by atoms with E-state index >= 15 is 0 Å². The minimum Gasteiger partial charge on any atom is -0.352 e. The van der Waals surface area contributed by atoms with Crippen LogP contribution in [0.4, 0.5) is 0 Å². The van der Waals surface area contributed by atoms with Crippen molar-refractivity contribution in [3.05, 3.63) is 42.0 Å². The third-order valence-corrected chi connectivity index (χ3v) is 2.47. The molecule has 0 atom stereocenters. The first-order valence-electron chi connectivity index (χ1n) is 5.08. The van der Waals surface area contributed by atoms with Crippen molar-refractivity contribution in [2.24, 2.45) is 0 Å². The summed E-state index contributed by atoms with van der Waals surface area (Å²) in [5, 5.41) is 6.42. The first-order valence-corrected chi connectivity index (χ1v) is 5.53. The van der Waals surface area contributed by atoms with Gasteiger partial charge in [0.1, 0.15) is 0 Å². The first kappa shape index (κ1) is 11.7. The lowest BCUT2D eigenvalue weighted by Crippen LogP contribution is -2.25. The van der Waals surface area contributed by atoms with Gasteiger partial charge in [-0.25, -0.2) is 0 Å². The molecule has 0 radical (unpaired) electrons. The van der Waals surface area contributed by atoms with Crippen molar-refractivity contribution in [3.8, 4) is 0 Å². The highest BCUT2D eigenvalue weighted by molar-refractivity contribution is 7.80. The van der Waals surface area contributed by atoms with E-state index in [1.165, 1.54) is 6.39 Å². The second kappa shape index (κ2) is 5.49. The van der Waals surface area contributed by atoms with E-state index < -0.39 is 0 Å². The predicted molar refractivity (Wildman–Crippen MR) is 64.0 cm³/mol. The molecule has 1 heterocycles. The summed E-state index contributed by atoms with van der Waals surface area (Å²) in [6, 6.07) is 7.01. The summed E-state index contributed by atoms with van der Waals surface area (Å²) < 4.78 is 4.59. The van der Waals surface area contributed by atoms with Crippen LogP contribution in [-0.4, -0.2) is 22.6 Å². The number of nitrogens with zero attached hydrogens (tertiary/aromatic N) is 2. The molecule has 0 aliphatic carbocycles. The molecule has 0 aliphatic heterocycles. The molecular formula is C11H11N3O2S. The quantitative estimate of drug-likeness (QED) is 0.802.